The lowest BCUT2D eigenvalue weighted by Gasteiger charge is -2.19. The molecule has 0 unspecified atom stereocenters. The molecule has 0 fully saturated rings. The first kappa shape index (κ1) is 14.4. The zero-order valence-electron chi connectivity index (χ0n) is 12.2. The molecule has 0 atom stereocenters. The molecule has 2 N–H and O–H groups in total. The van der Waals surface area contributed by atoms with Gasteiger partial charge in [0.15, 0.2) is 0 Å². The monoisotopic (exact) mass is 276 g/mol. The summed E-state index contributed by atoms with van der Waals surface area (Å²) in [4.78, 5) is 11.5. The fourth-order valence-corrected chi connectivity index (χ4v) is 1.95. The Bertz CT molecular complexity index is 611. The van der Waals surface area contributed by atoms with Gasteiger partial charge in [-0.15, -0.1) is 0 Å². The summed E-state index contributed by atoms with van der Waals surface area (Å²) < 4.78 is 10.8. The van der Waals surface area contributed by atoms with E-state index in [4.69, 9.17) is 9.15 Å². The Morgan fingerprint density at radius 1 is 1.30 bits per heavy atom. The Balaban J connectivity index is 1.96. The number of para-hydroxylation sites is 1. The Hall–Kier alpha value is -2.01. The van der Waals surface area contributed by atoms with Crippen molar-refractivity contribution in [2.24, 2.45) is 0 Å². The van der Waals surface area contributed by atoms with E-state index in [-0.39, 0.29) is 0 Å². The number of nitrogens with one attached hydrogen (secondary N) is 2. The van der Waals surface area contributed by atoms with E-state index in [2.05, 4.69) is 10.9 Å². The van der Waals surface area contributed by atoms with Crippen molar-refractivity contribution in [3.05, 3.63) is 35.6 Å². The quantitative estimate of drug-likeness (QED) is 0.844. The first-order valence-corrected chi connectivity index (χ1v) is 6.56. The highest BCUT2D eigenvalue weighted by molar-refractivity contribution is 5.82. The predicted octanol–water partition coefficient (Wildman–Crippen LogP) is 3.27. The highest BCUT2D eigenvalue weighted by Crippen LogP contribution is 2.24. The van der Waals surface area contributed by atoms with Crippen molar-refractivity contribution in [2.45, 2.75) is 39.8 Å². The minimum atomic E-state index is -0.510. The number of fused-ring (bicyclic) bond motifs is 1. The van der Waals surface area contributed by atoms with Crippen LogP contribution in [0.25, 0.3) is 11.0 Å². The van der Waals surface area contributed by atoms with Gasteiger partial charge in [-0.1, -0.05) is 18.2 Å². The third kappa shape index (κ3) is 3.51. The lowest BCUT2D eigenvalue weighted by molar-refractivity contribution is 0.0497. The number of ether oxygens (including phenoxy) is 1. The van der Waals surface area contributed by atoms with Crippen molar-refractivity contribution in [1.29, 1.82) is 0 Å². The zero-order valence-corrected chi connectivity index (χ0v) is 12.2. The molecule has 2 aromatic rings. The number of aryl methyl sites for hydroxylation is 1. The van der Waals surface area contributed by atoms with Crippen LogP contribution in [-0.2, 0) is 11.3 Å². The van der Waals surface area contributed by atoms with Crippen LogP contribution < -0.4 is 10.9 Å². The highest BCUT2D eigenvalue weighted by Gasteiger charge is 2.16. The van der Waals surface area contributed by atoms with Crippen LogP contribution in [0.3, 0.4) is 0 Å². The van der Waals surface area contributed by atoms with E-state index in [1.54, 1.807) is 0 Å². The molecule has 0 saturated heterocycles. The molecule has 0 bridgehead atoms. The Morgan fingerprint density at radius 2 is 2.00 bits per heavy atom. The van der Waals surface area contributed by atoms with Gasteiger partial charge in [0.05, 0.1) is 0 Å². The zero-order chi connectivity index (χ0) is 14.8. The molecule has 1 amide bonds. The van der Waals surface area contributed by atoms with Gasteiger partial charge in [0.2, 0.25) is 0 Å². The summed E-state index contributed by atoms with van der Waals surface area (Å²) in [6.45, 7) is 7.84. The van der Waals surface area contributed by atoms with Gasteiger partial charge in [-0.05, 0) is 33.8 Å². The number of hydrogen-bond donors (Lipinski definition) is 2. The van der Waals surface area contributed by atoms with Crippen LogP contribution in [0, 0.1) is 6.92 Å². The van der Waals surface area contributed by atoms with Gasteiger partial charge in [0, 0.05) is 17.5 Å². The van der Waals surface area contributed by atoms with E-state index in [9.17, 15) is 4.79 Å². The van der Waals surface area contributed by atoms with Gasteiger partial charge >= 0.3 is 6.09 Å². The van der Waals surface area contributed by atoms with Crippen molar-refractivity contribution in [3.8, 4) is 0 Å². The number of hydrogen-bond acceptors (Lipinski definition) is 4. The average Bonchev–Trinajstić information content (AvgIpc) is 2.64. The van der Waals surface area contributed by atoms with Gasteiger partial charge < -0.3 is 9.15 Å². The fourth-order valence-electron chi connectivity index (χ4n) is 1.95. The third-order valence-corrected chi connectivity index (χ3v) is 2.75. The number of benzene rings is 1. The van der Waals surface area contributed by atoms with Crippen LogP contribution in [0.4, 0.5) is 4.79 Å². The molecule has 5 heteroatoms. The summed E-state index contributed by atoms with van der Waals surface area (Å²) in [5.41, 5.74) is 6.74. The molecule has 0 radical (unpaired) electrons. The topological polar surface area (TPSA) is 63.5 Å². The molecular formula is C15H20N2O3. The normalized spacial score (nSPS) is 11.6. The Kier molecular flexibility index (Phi) is 3.99. The van der Waals surface area contributed by atoms with Crippen molar-refractivity contribution >= 4 is 17.1 Å². The van der Waals surface area contributed by atoms with E-state index in [1.165, 1.54) is 0 Å². The molecule has 1 aromatic carbocycles. The predicted molar refractivity (Wildman–Crippen MR) is 77.2 cm³/mol. The second-order valence-electron chi connectivity index (χ2n) is 5.61. The molecule has 0 aliphatic rings. The molecule has 0 aliphatic carbocycles. The van der Waals surface area contributed by atoms with Gasteiger partial charge in [-0.2, -0.15) is 0 Å². The number of furan rings is 1. The van der Waals surface area contributed by atoms with Crippen LogP contribution >= 0.6 is 0 Å². The minimum absolute atomic E-state index is 0.474. The summed E-state index contributed by atoms with van der Waals surface area (Å²) >= 11 is 0. The van der Waals surface area contributed by atoms with E-state index >= 15 is 0 Å². The van der Waals surface area contributed by atoms with E-state index < -0.39 is 11.7 Å². The summed E-state index contributed by atoms with van der Waals surface area (Å²) in [6, 6.07) is 7.81. The molecular weight excluding hydrogens is 256 g/mol. The first-order chi connectivity index (χ1) is 9.37. The van der Waals surface area contributed by atoms with Gasteiger partial charge in [0.1, 0.15) is 16.9 Å². The van der Waals surface area contributed by atoms with Crippen molar-refractivity contribution in [1.82, 2.24) is 10.9 Å². The van der Waals surface area contributed by atoms with Crippen molar-refractivity contribution < 1.29 is 13.9 Å². The summed E-state index contributed by atoms with van der Waals surface area (Å²) in [5.74, 6) is 0.838. The number of rotatable bonds is 3. The van der Waals surface area contributed by atoms with E-state index in [0.717, 1.165) is 22.3 Å². The van der Waals surface area contributed by atoms with Crippen LogP contribution in [0.2, 0.25) is 0 Å². The summed E-state index contributed by atoms with van der Waals surface area (Å²) in [5, 5.41) is 1.04. The van der Waals surface area contributed by atoms with Crippen LogP contribution in [0.15, 0.2) is 28.7 Å². The molecule has 20 heavy (non-hydrogen) atoms. The first-order valence-electron chi connectivity index (χ1n) is 6.56. The van der Waals surface area contributed by atoms with Gasteiger partial charge in [0.25, 0.3) is 0 Å². The lowest BCUT2D eigenvalue weighted by Crippen LogP contribution is -2.40. The minimum Gasteiger partial charge on any atom is -0.461 e. The van der Waals surface area contributed by atoms with Gasteiger partial charge in [-0.25, -0.2) is 10.2 Å². The van der Waals surface area contributed by atoms with E-state index in [0.29, 0.717) is 6.54 Å². The average molecular weight is 276 g/mol. The maximum Gasteiger partial charge on any atom is 0.422 e. The number of amides is 1. The maximum absolute atomic E-state index is 11.5. The Morgan fingerprint density at radius 3 is 2.70 bits per heavy atom. The number of carbonyl (C=O) groups is 1. The molecule has 5 nitrogen and oxygen atoms in total. The molecule has 1 aromatic heterocycles. The highest BCUT2D eigenvalue weighted by atomic mass is 16.6. The van der Waals surface area contributed by atoms with Crippen LogP contribution in [0.5, 0.6) is 0 Å². The second-order valence-corrected chi connectivity index (χ2v) is 5.61. The third-order valence-electron chi connectivity index (χ3n) is 2.75. The maximum atomic E-state index is 11.5. The fraction of sp³-hybridized carbons (Fsp3) is 0.400. The number of hydrazine groups is 1. The summed E-state index contributed by atoms with van der Waals surface area (Å²) in [6.07, 6.45) is -0.497. The number of carbonyl (C=O) groups excluding carboxylic acids is 1. The standard InChI is InChI=1S/C15H20N2O3/c1-10-12(11-7-5-6-8-13(11)19-10)9-16-17-14(18)20-15(2,3)4/h5-8,16H,9H2,1-4H3,(H,17,18). The second kappa shape index (κ2) is 5.54. The molecule has 0 saturated carbocycles. The van der Waals surface area contributed by atoms with Gasteiger partial charge in [-0.3, -0.25) is 5.43 Å². The van der Waals surface area contributed by atoms with Crippen molar-refractivity contribution in [3.63, 3.8) is 0 Å². The largest absolute Gasteiger partial charge is 0.461 e. The van der Waals surface area contributed by atoms with Crippen LogP contribution in [-0.4, -0.2) is 11.7 Å². The SMILES string of the molecule is Cc1oc2ccccc2c1CNNC(=O)OC(C)(C)C. The lowest BCUT2D eigenvalue weighted by atomic mass is 10.1. The molecule has 2 rings (SSSR count). The molecule has 108 valence electrons. The van der Waals surface area contributed by atoms with Crippen LogP contribution in [0.1, 0.15) is 32.1 Å². The smallest absolute Gasteiger partial charge is 0.422 e. The summed E-state index contributed by atoms with van der Waals surface area (Å²) in [7, 11) is 0. The van der Waals surface area contributed by atoms with Crippen molar-refractivity contribution in [2.75, 3.05) is 0 Å². The molecule has 0 aliphatic heterocycles. The van der Waals surface area contributed by atoms with E-state index in [1.807, 2.05) is 52.0 Å². The molecule has 0 spiro atoms. The molecule has 1 heterocycles. The Labute approximate surface area is 118 Å².